The van der Waals surface area contributed by atoms with Crippen molar-refractivity contribution in [1.29, 1.82) is 0 Å². The standard InChI is InChI=1S/C11H13NO/c1-2-9-7-8-12(13)11-6-4-3-5-10(9)11/h3-9,13H,2H2,1H3. The number of allylic oxidation sites excluding steroid dienone is 1. The number of hydroxylamine groups is 1. The van der Waals surface area contributed by atoms with Crippen molar-refractivity contribution in [3.63, 3.8) is 0 Å². The van der Waals surface area contributed by atoms with E-state index in [1.807, 2.05) is 24.3 Å². The van der Waals surface area contributed by atoms with Crippen molar-refractivity contribution in [2.75, 3.05) is 5.06 Å². The summed E-state index contributed by atoms with van der Waals surface area (Å²) in [5.74, 6) is 0.444. The second-order valence-corrected chi connectivity index (χ2v) is 3.26. The van der Waals surface area contributed by atoms with E-state index in [1.54, 1.807) is 6.20 Å². The minimum atomic E-state index is 0.444. The maximum atomic E-state index is 9.52. The molecule has 1 unspecified atom stereocenters. The van der Waals surface area contributed by atoms with Crippen LogP contribution in [-0.4, -0.2) is 5.21 Å². The van der Waals surface area contributed by atoms with Crippen molar-refractivity contribution >= 4 is 5.69 Å². The monoisotopic (exact) mass is 175 g/mol. The fourth-order valence-electron chi connectivity index (χ4n) is 1.74. The molecule has 68 valence electrons. The van der Waals surface area contributed by atoms with Crippen LogP contribution in [0.1, 0.15) is 24.8 Å². The van der Waals surface area contributed by atoms with Crippen molar-refractivity contribution < 1.29 is 5.21 Å². The molecule has 0 bridgehead atoms. The van der Waals surface area contributed by atoms with Crippen LogP contribution in [-0.2, 0) is 0 Å². The summed E-state index contributed by atoms with van der Waals surface area (Å²) >= 11 is 0. The highest BCUT2D eigenvalue weighted by molar-refractivity contribution is 5.58. The van der Waals surface area contributed by atoms with Gasteiger partial charge < -0.3 is 0 Å². The number of hydrogen-bond donors (Lipinski definition) is 1. The van der Waals surface area contributed by atoms with Crippen LogP contribution in [0.3, 0.4) is 0 Å². The lowest BCUT2D eigenvalue weighted by Crippen LogP contribution is -2.16. The van der Waals surface area contributed by atoms with E-state index in [4.69, 9.17) is 0 Å². The molecule has 0 saturated heterocycles. The molecule has 1 aromatic carbocycles. The van der Waals surface area contributed by atoms with Crippen LogP contribution < -0.4 is 5.06 Å². The van der Waals surface area contributed by atoms with E-state index in [1.165, 1.54) is 10.6 Å². The quantitative estimate of drug-likeness (QED) is 0.709. The first-order chi connectivity index (χ1) is 6.33. The Morgan fingerprint density at radius 2 is 2.15 bits per heavy atom. The van der Waals surface area contributed by atoms with Crippen LogP contribution in [0.2, 0.25) is 0 Å². The normalized spacial score (nSPS) is 20.2. The topological polar surface area (TPSA) is 23.5 Å². The second kappa shape index (κ2) is 3.23. The summed E-state index contributed by atoms with van der Waals surface area (Å²) in [5.41, 5.74) is 2.10. The van der Waals surface area contributed by atoms with Crippen molar-refractivity contribution in [1.82, 2.24) is 0 Å². The van der Waals surface area contributed by atoms with Crippen molar-refractivity contribution in [2.24, 2.45) is 0 Å². The Morgan fingerprint density at radius 3 is 2.92 bits per heavy atom. The van der Waals surface area contributed by atoms with Crippen LogP contribution in [0.5, 0.6) is 0 Å². The van der Waals surface area contributed by atoms with Gasteiger partial charge >= 0.3 is 0 Å². The largest absolute Gasteiger partial charge is 0.284 e. The Morgan fingerprint density at radius 1 is 1.38 bits per heavy atom. The smallest absolute Gasteiger partial charge is 0.0723 e. The zero-order chi connectivity index (χ0) is 9.26. The zero-order valence-electron chi connectivity index (χ0n) is 7.64. The minimum absolute atomic E-state index is 0.444. The summed E-state index contributed by atoms with van der Waals surface area (Å²) < 4.78 is 0. The molecule has 1 aliphatic heterocycles. The van der Waals surface area contributed by atoms with Gasteiger partial charge in [0, 0.05) is 12.1 Å². The van der Waals surface area contributed by atoms with E-state index in [2.05, 4.69) is 13.0 Å². The molecule has 0 saturated carbocycles. The summed E-state index contributed by atoms with van der Waals surface area (Å²) in [6, 6.07) is 7.94. The molecule has 0 fully saturated rings. The Balaban J connectivity index is 2.48. The van der Waals surface area contributed by atoms with Gasteiger partial charge in [-0.1, -0.05) is 31.2 Å². The maximum Gasteiger partial charge on any atom is 0.0723 e. The van der Waals surface area contributed by atoms with Gasteiger partial charge in [-0.15, -0.1) is 0 Å². The summed E-state index contributed by atoms with van der Waals surface area (Å²) in [4.78, 5) is 0. The van der Waals surface area contributed by atoms with Crippen LogP contribution in [0.25, 0.3) is 0 Å². The molecule has 0 aliphatic carbocycles. The first kappa shape index (κ1) is 8.32. The van der Waals surface area contributed by atoms with Gasteiger partial charge in [-0.2, -0.15) is 0 Å². The molecule has 1 N–H and O–H groups in total. The molecule has 1 aliphatic rings. The molecule has 0 aromatic heterocycles. The molecular formula is C11H13NO. The van der Waals surface area contributed by atoms with Crippen molar-refractivity contribution in [2.45, 2.75) is 19.3 Å². The Bertz CT molecular complexity index is 333. The third kappa shape index (κ3) is 1.33. The molecule has 13 heavy (non-hydrogen) atoms. The highest BCUT2D eigenvalue weighted by Gasteiger charge is 2.17. The predicted molar refractivity (Wildman–Crippen MR) is 52.9 cm³/mol. The fraction of sp³-hybridized carbons (Fsp3) is 0.273. The average molecular weight is 175 g/mol. The van der Waals surface area contributed by atoms with Gasteiger partial charge in [0.15, 0.2) is 0 Å². The first-order valence-electron chi connectivity index (χ1n) is 4.58. The van der Waals surface area contributed by atoms with Gasteiger partial charge in [-0.25, -0.2) is 5.06 Å². The van der Waals surface area contributed by atoms with E-state index in [-0.39, 0.29) is 0 Å². The molecule has 0 radical (unpaired) electrons. The van der Waals surface area contributed by atoms with E-state index in [0.29, 0.717) is 5.92 Å². The van der Waals surface area contributed by atoms with Gasteiger partial charge in [0.25, 0.3) is 0 Å². The van der Waals surface area contributed by atoms with Crippen LogP contribution in [0, 0.1) is 0 Å². The zero-order valence-corrected chi connectivity index (χ0v) is 7.64. The molecule has 2 nitrogen and oxygen atoms in total. The van der Waals surface area contributed by atoms with E-state index >= 15 is 0 Å². The third-order valence-corrected chi connectivity index (χ3v) is 2.48. The number of nitrogens with zero attached hydrogens (tertiary/aromatic N) is 1. The molecular weight excluding hydrogens is 162 g/mol. The minimum Gasteiger partial charge on any atom is -0.284 e. The van der Waals surface area contributed by atoms with Gasteiger partial charge in [0.2, 0.25) is 0 Å². The highest BCUT2D eigenvalue weighted by Crippen LogP contribution is 2.33. The van der Waals surface area contributed by atoms with Crippen molar-refractivity contribution in [3.8, 4) is 0 Å². The Labute approximate surface area is 78.1 Å². The molecule has 1 atom stereocenters. The number of para-hydroxylation sites is 1. The fourth-order valence-corrected chi connectivity index (χ4v) is 1.74. The van der Waals surface area contributed by atoms with Gasteiger partial charge in [0.05, 0.1) is 5.69 Å². The molecule has 2 rings (SSSR count). The van der Waals surface area contributed by atoms with E-state index in [9.17, 15) is 5.21 Å². The van der Waals surface area contributed by atoms with E-state index < -0.39 is 0 Å². The van der Waals surface area contributed by atoms with Crippen LogP contribution in [0.4, 0.5) is 5.69 Å². The number of fused-ring (bicyclic) bond motifs is 1. The third-order valence-electron chi connectivity index (χ3n) is 2.48. The Hall–Kier alpha value is -1.28. The molecule has 1 aromatic rings. The summed E-state index contributed by atoms with van der Waals surface area (Å²) in [7, 11) is 0. The van der Waals surface area contributed by atoms with Crippen LogP contribution in [0.15, 0.2) is 36.5 Å². The summed E-state index contributed by atoms with van der Waals surface area (Å²) in [6.07, 6.45) is 4.82. The SMILES string of the molecule is CCC1C=CN(O)c2ccccc21. The van der Waals surface area contributed by atoms with Crippen LogP contribution >= 0.6 is 0 Å². The van der Waals surface area contributed by atoms with Gasteiger partial charge in [0.1, 0.15) is 0 Å². The summed E-state index contributed by atoms with van der Waals surface area (Å²) in [5, 5.41) is 10.7. The lowest BCUT2D eigenvalue weighted by atomic mass is 9.93. The summed E-state index contributed by atoms with van der Waals surface area (Å²) in [6.45, 7) is 2.15. The molecule has 0 spiro atoms. The molecule has 1 heterocycles. The average Bonchev–Trinajstić information content (AvgIpc) is 2.19. The molecule has 0 amide bonds. The van der Waals surface area contributed by atoms with Crippen molar-refractivity contribution in [3.05, 3.63) is 42.1 Å². The number of anilines is 1. The molecule has 2 heteroatoms. The maximum absolute atomic E-state index is 9.52. The lowest BCUT2D eigenvalue weighted by molar-refractivity contribution is 0.292. The second-order valence-electron chi connectivity index (χ2n) is 3.26. The predicted octanol–water partition coefficient (Wildman–Crippen LogP) is 2.90. The van der Waals surface area contributed by atoms with E-state index in [0.717, 1.165) is 12.1 Å². The van der Waals surface area contributed by atoms with Gasteiger partial charge in [-0.05, 0) is 18.1 Å². The first-order valence-corrected chi connectivity index (χ1v) is 4.58. The Kier molecular flexibility index (Phi) is 2.07. The van der Waals surface area contributed by atoms with Gasteiger partial charge in [-0.3, -0.25) is 5.21 Å². The lowest BCUT2D eigenvalue weighted by Gasteiger charge is -2.25. The number of benzene rings is 1. The highest BCUT2D eigenvalue weighted by atomic mass is 16.5. The number of hydrogen-bond acceptors (Lipinski definition) is 2. The number of rotatable bonds is 1.